The third kappa shape index (κ3) is 7.02. The average molecular weight is 418 g/mol. The molecule has 0 saturated carbocycles. The molecule has 1 aliphatic rings. The van der Waals surface area contributed by atoms with Gasteiger partial charge in [0.05, 0.1) is 43.0 Å². The van der Waals surface area contributed by atoms with E-state index in [2.05, 4.69) is 17.0 Å². The van der Waals surface area contributed by atoms with Crippen molar-refractivity contribution >= 4 is 5.91 Å². The van der Waals surface area contributed by atoms with Crippen molar-refractivity contribution in [3.8, 4) is 23.6 Å². The molecule has 1 fully saturated rings. The summed E-state index contributed by atoms with van der Waals surface area (Å²) in [7, 11) is 0. The van der Waals surface area contributed by atoms with Crippen LogP contribution in [0.5, 0.6) is 11.5 Å². The fourth-order valence-corrected chi connectivity index (χ4v) is 3.36. The van der Waals surface area contributed by atoms with Crippen molar-refractivity contribution in [2.45, 2.75) is 12.8 Å². The highest BCUT2D eigenvalue weighted by Crippen LogP contribution is 2.13. The first kappa shape index (κ1) is 22.1. The second-order valence-corrected chi connectivity index (χ2v) is 7.33. The van der Waals surface area contributed by atoms with Gasteiger partial charge in [0.2, 0.25) is 5.91 Å². The molecular formula is C24H26N4O3. The lowest BCUT2D eigenvalue weighted by Crippen LogP contribution is -2.50. The number of benzene rings is 2. The molecule has 0 bridgehead atoms. The third-order valence-electron chi connectivity index (χ3n) is 5.09. The molecule has 2 aromatic rings. The highest BCUT2D eigenvalue weighted by atomic mass is 16.5. The fraction of sp³-hybridized carbons (Fsp3) is 0.375. The Morgan fingerprint density at radius 3 is 1.77 bits per heavy atom. The van der Waals surface area contributed by atoms with Gasteiger partial charge in [-0.3, -0.25) is 9.69 Å². The van der Waals surface area contributed by atoms with Crippen molar-refractivity contribution in [3.05, 3.63) is 59.7 Å². The lowest BCUT2D eigenvalue weighted by molar-refractivity contribution is -0.136. The van der Waals surface area contributed by atoms with Crippen LogP contribution in [-0.4, -0.2) is 61.6 Å². The first-order valence-corrected chi connectivity index (χ1v) is 10.4. The van der Waals surface area contributed by atoms with Gasteiger partial charge in [-0.15, -0.1) is 0 Å². The van der Waals surface area contributed by atoms with Gasteiger partial charge in [0.15, 0.2) is 0 Å². The number of hydrogen-bond donors (Lipinski definition) is 0. The predicted molar refractivity (Wildman–Crippen MR) is 116 cm³/mol. The average Bonchev–Trinajstić information content (AvgIpc) is 2.81. The van der Waals surface area contributed by atoms with E-state index >= 15 is 0 Å². The van der Waals surface area contributed by atoms with Crippen LogP contribution in [0.4, 0.5) is 0 Å². The molecule has 31 heavy (non-hydrogen) atoms. The molecule has 0 aromatic heterocycles. The summed E-state index contributed by atoms with van der Waals surface area (Å²) < 4.78 is 11.4. The molecule has 0 spiro atoms. The molecule has 3 rings (SSSR count). The topological polar surface area (TPSA) is 89.6 Å². The van der Waals surface area contributed by atoms with Crippen LogP contribution in [0.2, 0.25) is 0 Å². The molecule has 0 N–H and O–H groups in total. The van der Waals surface area contributed by atoms with E-state index in [1.807, 2.05) is 4.90 Å². The molecule has 7 nitrogen and oxygen atoms in total. The number of hydrogen-bond acceptors (Lipinski definition) is 6. The smallest absolute Gasteiger partial charge is 0.236 e. The molecule has 1 saturated heterocycles. The Balaban J connectivity index is 1.27. The maximum atomic E-state index is 12.4. The molecule has 0 atom stereocenters. The van der Waals surface area contributed by atoms with Crippen LogP contribution in [0, 0.1) is 22.7 Å². The van der Waals surface area contributed by atoms with Crippen LogP contribution in [0.3, 0.4) is 0 Å². The van der Waals surface area contributed by atoms with Crippen molar-refractivity contribution in [1.29, 1.82) is 10.5 Å². The van der Waals surface area contributed by atoms with E-state index in [9.17, 15) is 4.79 Å². The van der Waals surface area contributed by atoms with Gasteiger partial charge in [0.1, 0.15) is 11.5 Å². The number of carbonyl (C=O) groups is 1. The Morgan fingerprint density at radius 1 is 0.774 bits per heavy atom. The fourth-order valence-electron chi connectivity index (χ4n) is 3.36. The quantitative estimate of drug-likeness (QED) is 0.551. The summed E-state index contributed by atoms with van der Waals surface area (Å²) in [5.74, 6) is 1.64. The number of nitriles is 2. The Bertz CT molecular complexity index is 929. The van der Waals surface area contributed by atoms with Crippen LogP contribution in [-0.2, 0) is 4.79 Å². The minimum Gasteiger partial charge on any atom is -0.494 e. The Labute approximate surface area is 183 Å². The summed E-state index contributed by atoms with van der Waals surface area (Å²) in [6.07, 6.45) is 1.61. The molecule has 160 valence electrons. The number of ether oxygens (including phenoxy) is 2. The predicted octanol–water partition coefficient (Wildman–Crippen LogP) is 2.81. The Kier molecular flexibility index (Phi) is 8.28. The van der Waals surface area contributed by atoms with E-state index in [-0.39, 0.29) is 5.91 Å². The zero-order valence-electron chi connectivity index (χ0n) is 17.5. The van der Waals surface area contributed by atoms with E-state index in [0.29, 0.717) is 37.4 Å². The SMILES string of the molecule is N#Cc1ccc(OCCCN2CCN(CCCOc3ccc(C#N)cc3)C(=O)C2)cc1. The summed E-state index contributed by atoms with van der Waals surface area (Å²) >= 11 is 0. The molecule has 1 aliphatic heterocycles. The molecule has 0 radical (unpaired) electrons. The zero-order valence-corrected chi connectivity index (χ0v) is 17.5. The second kappa shape index (κ2) is 11.6. The lowest BCUT2D eigenvalue weighted by Gasteiger charge is -2.34. The molecule has 2 aromatic carbocycles. The van der Waals surface area contributed by atoms with E-state index < -0.39 is 0 Å². The van der Waals surface area contributed by atoms with Crippen molar-refractivity contribution in [2.75, 3.05) is 45.9 Å². The number of amides is 1. The van der Waals surface area contributed by atoms with E-state index in [1.54, 1.807) is 48.5 Å². The normalized spacial score (nSPS) is 14.0. The molecule has 1 amide bonds. The molecule has 1 heterocycles. The summed E-state index contributed by atoms with van der Waals surface area (Å²) in [4.78, 5) is 16.5. The van der Waals surface area contributed by atoms with Gasteiger partial charge in [-0.1, -0.05) is 0 Å². The van der Waals surface area contributed by atoms with E-state index in [4.69, 9.17) is 20.0 Å². The Morgan fingerprint density at radius 2 is 1.29 bits per heavy atom. The molecular weight excluding hydrogens is 392 g/mol. The van der Waals surface area contributed by atoms with Crippen LogP contribution >= 0.6 is 0 Å². The van der Waals surface area contributed by atoms with Crippen molar-refractivity contribution in [1.82, 2.24) is 9.80 Å². The van der Waals surface area contributed by atoms with Gasteiger partial charge in [-0.2, -0.15) is 10.5 Å². The monoisotopic (exact) mass is 418 g/mol. The summed E-state index contributed by atoms with van der Waals surface area (Å²) in [6.45, 7) is 4.64. The molecule has 7 heteroatoms. The summed E-state index contributed by atoms with van der Waals surface area (Å²) in [5, 5.41) is 17.6. The van der Waals surface area contributed by atoms with E-state index in [0.717, 1.165) is 44.0 Å². The number of nitrogens with zero attached hydrogens (tertiary/aromatic N) is 4. The maximum absolute atomic E-state index is 12.4. The van der Waals surface area contributed by atoms with Crippen molar-refractivity contribution in [3.63, 3.8) is 0 Å². The first-order chi connectivity index (χ1) is 15.2. The van der Waals surface area contributed by atoms with Crippen molar-refractivity contribution in [2.24, 2.45) is 0 Å². The van der Waals surface area contributed by atoms with Gasteiger partial charge in [-0.05, 0) is 61.4 Å². The third-order valence-corrected chi connectivity index (χ3v) is 5.09. The zero-order chi connectivity index (χ0) is 21.9. The number of piperazine rings is 1. The first-order valence-electron chi connectivity index (χ1n) is 10.4. The van der Waals surface area contributed by atoms with Crippen molar-refractivity contribution < 1.29 is 14.3 Å². The van der Waals surface area contributed by atoms with Crippen LogP contribution < -0.4 is 9.47 Å². The molecule has 0 unspecified atom stereocenters. The lowest BCUT2D eigenvalue weighted by atomic mass is 10.2. The highest BCUT2D eigenvalue weighted by Gasteiger charge is 2.23. The Hall–Kier alpha value is -3.55. The standard InChI is InChI=1S/C24H26N4O3/c25-17-20-3-7-22(8-4-20)30-15-1-11-27-13-14-28(24(29)19-27)12-2-16-31-23-9-5-21(18-26)6-10-23/h3-10H,1-2,11-16,19H2. The van der Waals surface area contributed by atoms with Gasteiger partial charge < -0.3 is 14.4 Å². The largest absolute Gasteiger partial charge is 0.494 e. The van der Waals surface area contributed by atoms with Gasteiger partial charge >= 0.3 is 0 Å². The second-order valence-electron chi connectivity index (χ2n) is 7.33. The van der Waals surface area contributed by atoms with Crippen LogP contribution in [0.15, 0.2) is 48.5 Å². The van der Waals surface area contributed by atoms with Crippen LogP contribution in [0.1, 0.15) is 24.0 Å². The van der Waals surface area contributed by atoms with Crippen LogP contribution in [0.25, 0.3) is 0 Å². The number of carbonyl (C=O) groups excluding carboxylic acids is 1. The minimum absolute atomic E-state index is 0.151. The minimum atomic E-state index is 0.151. The highest BCUT2D eigenvalue weighted by molar-refractivity contribution is 5.79. The van der Waals surface area contributed by atoms with E-state index in [1.165, 1.54) is 0 Å². The molecule has 0 aliphatic carbocycles. The van der Waals surface area contributed by atoms with Gasteiger partial charge in [-0.25, -0.2) is 0 Å². The van der Waals surface area contributed by atoms with Gasteiger partial charge in [0, 0.05) is 26.2 Å². The summed E-state index contributed by atoms with van der Waals surface area (Å²) in [6, 6.07) is 18.3. The number of rotatable bonds is 10. The summed E-state index contributed by atoms with van der Waals surface area (Å²) in [5.41, 5.74) is 1.22. The van der Waals surface area contributed by atoms with Gasteiger partial charge in [0.25, 0.3) is 0 Å². The maximum Gasteiger partial charge on any atom is 0.236 e.